The monoisotopic (exact) mass is 493 g/mol. The Hall–Kier alpha value is -2.83. The number of H-pyrrole nitrogens is 1. The van der Waals surface area contributed by atoms with Gasteiger partial charge >= 0.3 is 12.0 Å². The Morgan fingerprint density at radius 1 is 0.972 bits per heavy atom. The molecule has 7 heteroatoms. The van der Waals surface area contributed by atoms with Gasteiger partial charge in [-0.05, 0) is 63.5 Å². The van der Waals surface area contributed by atoms with Crippen LogP contribution in [0.5, 0.6) is 0 Å². The minimum absolute atomic E-state index is 0.0815. The number of fused-ring (bicyclic) bond motifs is 3. The Kier molecular flexibility index (Phi) is 7.63. The average Bonchev–Trinajstić information content (AvgIpc) is 3.29. The van der Waals surface area contributed by atoms with Crippen molar-refractivity contribution in [1.82, 2.24) is 15.2 Å². The van der Waals surface area contributed by atoms with E-state index in [-0.39, 0.29) is 35.9 Å². The second-order valence-corrected chi connectivity index (χ2v) is 10.7. The number of rotatable bonds is 5. The van der Waals surface area contributed by atoms with Gasteiger partial charge in [-0.3, -0.25) is 14.5 Å². The van der Waals surface area contributed by atoms with Crippen LogP contribution in [0.15, 0.2) is 18.2 Å². The van der Waals surface area contributed by atoms with E-state index in [0.29, 0.717) is 12.2 Å². The van der Waals surface area contributed by atoms with Gasteiger partial charge in [0.2, 0.25) is 0 Å². The quantitative estimate of drug-likeness (QED) is 0.502. The Balaban J connectivity index is 1.49. The number of carbonyl (C=O) groups is 3. The summed E-state index contributed by atoms with van der Waals surface area (Å²) in [5, 5.41) is 4.17. The van der Waals surface area contributed by atoms with Crippen LogP contribution in [0.2, 0.25) is 0 Å². The van der Waals surface area contributed by atoms with Gasteiger partial charge in [0.15, 0.2) is 0 Å². The summed E-state index contributed by atoms with van der Waals surface area (Å²) in [5.74, 6) is -0.797. The van der Waals surface area contributed by atoms with Crippen LogP contribution in [0.4, 0.5) is 4.79 Å². The standard InChI is InChI=1S/C29H39N3O4/c1-2-36-28(34)24-18-10-16-22-21-15-9-17-23(25(21)31-26(22)24)27(33)32(20-13-7-4-8-14-20)29(35)30-19-11-5-3-6-12-19/h9,15,17,19-20,24,31H,2-8,10-14,16,18H2,1H3,(H,30,35)/t24-/m1/s1. The van der Waals surface area contributed by atoms with Gasteiger partial charge in [-0.15, -0.1) is 0 Å². The maximum absolute atomic E-state index is 14.1. The van der Waals surface area contributed by atoms with Crippen molar-refractivity contribution in [3.05, 3.63) is 35.0 Å². The SMILES string of the molecule is CCOC(=O)[C@@H]1CCCc2c1[nH]c1c(C(=O)N(C(=O)NC3CCCCC3)C3CCCCC3)cccc21. The third-order valence-corrected chi connectivity index (χ3v) is 8.35. The van der Waals surface area contributed by atoms with Crippen molar-refractivity contribution in [1.29, 1.82) is 0 Å². The number of imide groups is 1. The second kappa shape index (κ2) is 11.1. The number of aryl methyl sites for hydroxylation is 1. The van der Waals surface area contributed by atoms with E-state index < -0.39 is 0 Å². The predicted octanol–water partition coefficient (Wildman–Crippen LogP) is 5.97. The van der Waals surface area contributed by atoms with Gasteiger partial charge in [-0.25, -0.2) is 4.79 Å². The number of hydrogen-bond acceptors (Lipinski definition) is 4. The van der Waals surface area contributed by atoms with E-state index in [1.165, 1.54) is 11.3 Å². The number of hydrogen-bond donors (Lipinski definition) is 2. The molecule has 1 atom stereocenters. The topological polar surface area (TPSA) is 91.5 Å². The molecule has 7 nitrogen and oxygen atoms in total. The molecule has 2 N–H and O–H groups in total. The fourth-order valence-electron chi connectivity index (χ4n) is 6.53. The zero-order chi connectivity index (χ0) is 25.1. The smallest absolute Gasteiger partial charge is 0.324 e. The summed E-state index contributed by atoms with van der Waals surface area (Å²) in [4.78, 5) is 45.4. The first-order chi connectivity index (χ1) is 17.6. The third-order valence-electron chi connectivity index (χ3n) is 8.35. The normalized spacial score (nSPS) is 21.1. The van der Waals surface area contributed by atoms with Gasteiger partial charge in [-0.1, -0.05) is 50.7 Å². The van der Waals surface area contributed by atoms with Gasteiger partial charge in [0.25, 0.3) is 5.91 Å². The summed E-state index contributed by atoms with van der Waals surface area (Å²) in [6, 6.07) is 5.54. The first kappa shape index (κ1) is 24.8. The van der Waals surface area contributed by atoms with Crippen LogP contribution in [0, 0.1) is 0 Å². The molecular weight excluding hydrogens is 454 g/mol. The molecule has 1 heterocycles. The molecule has 2 fully saturated rings. The first-order valence-corrected chi connectivity index (χ1v) is 14.0. The van der Waals surface area contributed by atoms with Crippen LogP contribution in [0.3, 0.4) is 0 Å². The molecule has 5 rings (SSSR count). The number of nitrogens with one attached hydrogen (secondary N) is 2. The second-order valence-electron chi connectivity index (χ2n) is 10.7. The van der Waals surface area contributed by atoms with E-state index in [0.717, 1.165) is 99.2 Å². The molecule has 3 amide bonds. The Labute approximate surface area is 213 Å². The fourth-order valence-corrected chi connectivity index (χ4v) is 6.53. The molecule has 0 bridgehead atoms. The molecular formula is C29H39N3O4. The van der Waals surface area contributed by atoms with Crippen molar-refractivity contribution in [2.45, 2.75) is 108 Å². The average molecular weight is 494 g/mol. The summed E-state index contributed by atoms with van der Waals surface area (Å²) in [6.07, 6.45) is 12.8. The fraction of sp³-hybridized carbons (Fsp3) is 0.621. The molecule has 2 saturated carbocycles. The van der Waals surface area contributed by atoms with Crippen LogP contribution in [-0.4, -0.2) is 46.5 Å². The lowest BCUT2D eigenvalue weighted by atomic mass is 9.86. The highest BCUT2D eigenvalue weighted by Crippen LogP contribution is 2.38. The number of amides is 3. The highest BCUT2D eigenvalue weighted by Gasteiger charge is 2.36. The molecule has 0 spiro atoms. The van der Waals surface area contributed by atoms with Crippen molar-refractivity contribution in [3.8, 4) is 0 Å². The van der Waals surface area contributed by atoms with Crippen LogP contribution >= 0.6 is 0 Å². The number of para-hydroxylation sites is 1. The van der Waals surface area contributed by atoms with E-state index in [1.54, 1.807) is 0 Å². The maximum atomic E-state index is 14.1. The number of esters is 1. The molecule has 1 aromatic carbocycles. The number of urea groups is 1. The van der Waals surface area contributed by atoms with Crippen LogP contribution < -0.4 is 5.32 Å². The first-order valence-electron chi connectivity index (χ1n) is 14.0. The van der Waals surface area contributed by atoms with E-state index in [9.17, 15) is 14.4 Å². The number of aromatic nitrogens is 1. The molecule has 0 aliphatic heterocycles. The molecule has 0 saturated heterocycles. The summed E-state index contributed by atoms with van der Waals surface area (Å²) in [5.41, 5.74) is 3.20. The van der Waals surface area contributed by atoms with Crippen molar-refractivity contribution >= 4 is 28.8 Å². The van der Waals surface area contributed by atoms with E-state index >= 15 is 0 Å². The third kappa shape index (κ3) is 4.89. The number of benzene rings is 1. The van der Waals surface area contributed by atoms with Crippen LogP contribution in [0.25, 0.3) is 10.9 Å². The van der Waals surface area contributed by atoms with E-state index in [1.807, 2.05) is 25.1 Å². The summed E-state index contributed by atoms with van der Waals surface area (Å²) in [7, 11) is 0. The summed E-state index contributed by atoms with van der Waals surface area (Å²) < 4.78 is 5.35. The minimum atomic E-state index is -0.340. The number of aromatic amines is 1. The maximum Gasteiger partial charge on any atom is 0.324 e. The Morgan fingerprint density at radius 2 is 1.69 bits per heavy atom. The van der Waals surface area contributed by atoms with Crippen molar-refractivity contribution < 1.29 is 19.1 Å². The van der Waals surface area contributed by atoms with Crippen molar-refractivity contribution in [3.63, 3.8) is 0 Å². The van der Waals surface area contributed by atoms with E-state index in [2.05, 4.69) is 10.3 Å². The molecule has 3 aliphatic rings. The summed E-state index contributed by atoms with van der Waals surface area (Å²) in [6.45, 7) is 2.17. The largest absolute Gasteiger partial charge is 0.465 e. The van der Waals surface area contributed by atoms with Gasteiger partial charge < -0.3 is 15.0 Å². The number of carbonyl (C=O) groups excluding carboxylic acids is 3. The highest BCUT2D eigenvalue weighted by molar-refractivity contribution is 6.12. The lowest BCUT2D eigenvalue weighted by Gasteiger charge is -2.34. The molecule has 2 aromatic rings. The molecule has 3 aliphatic carbocycles. The summed E-state index contributed by atoms with van der Waals surface area (Å²) >= 11 is 0. The number of nitrogens with zero attached hydrogens (tertiary/aromatic N) is 1. The molecule has 194 valence electrons. The Bertz CT molecular complexity index is 1110. The highest BCUT2D eigenvalue weighted by atomic mass is 16.5. The lowest BCUT2D eigenvalue weighted by molar-refractivity contribution is -0.145. The van der Waals surface area contributed by atoms with Gasteiger partial charge in [-0.2, -0.15) is 0 Å². The molecule has 36 heavy (non-hydrogen) atoms. The molecule has 1 aromatic heterocycles. The van der Waals surface area contributed by atoms with Crippen molar-refractivity contribution in [2.24, 2.45) is 0 Å². The zero-order valence-electron chi connectivity index (χ0n) is 21.4. The predicted molar refractivity (Wildman–Crippen MR) is 139 cm³/mol. The van der Waals surface area contributed by atoms with Gasteiger partial charge in [0.05, 0.1) is 23.6 Å². The zero-order valence-corrected chi connectivity index (χ0v) is 21.4. The Morgan fingerprint density at radius 3 is 2.42 bits per heavy atom. The van der Waals surface area contributed by atoms with E-state index in [4.69, 9.17) is 4.74 Å². The number of ether oxygens (including phenoxy) is 1. The lowest BCUT2D eigenvalue weighted by Crippen LogP contribution is -2.52. The molecule has 0 unspecified atom stereocenters. The van der Waals surface area contributed by atoms with Gasteiger partial charge in [0, 0.05) is 23.2 Å². The molecule has 0 radical (unpaired) electrons. The van der Waals surface area contributed by atoms with Crippen LogP contribution in [-0.2, 0) is 16.0 Å². The van der Waals surface area contributed by atoms with Crippen LogP contribution in [0.1, 0.15) is 112 Å². The minimum Gasteiger partial charge on any atom is -0.465 e. The van der Waals surface area contributed by atoms with Crippen molar-refractivity contribution in [2.75, 3.05) is 6.61 Å². The van der Waals surface area contributed by atoms with Gasteiger partial charge in [0.1, 0.15) is 0 Å².